The monoisotopic (exact) mass is 387 g/mol. The van der Waals surface area contributed by atoms with Crippen LogP contribution in [0.2, 0.25) is 5.02 Å². The summed E-state index contributed by atoms with van der Waals surface area (Å²) in [5.41, 5.74) is 1.48. The van der Waals surface area contributed by atoms with Crippen LogP contribution in [0, 0.1) is 0 Å². The minimum atomic E-state index is -0.301. The highest BCUT2D eigenvalue weighted by atomic mass is 35.5. The molecule has 0 radical (unpaired) electrons. The summed E-state index contributed by atoms with van der Waals surface area (Å²) in [5, 5.41) is 9.49. The molecule has 0 saturated heterocycles. The summed E-state index contributed by atoms with van der Waals surface area (Å²) in [6, 6.07) is 14.5. The van der Waals surface area contributed by atoms with E-state index in [1.54, 1.807) is 31.4 Å². The number of rotatable bonds is 6. The number of ether oxygens (including phenoxy) is 1. The van der Waals surface area contributed by atoms with Crippen LogP contribution in [0.1, 0.15) is 17.3 Å². The van der Waals surface area contributed by atoms with Crippen LogP contribution in [-0.4, -0.2) is 32.9 Å². The average Bonchev–Trinajstić information content (AvgIpc) is 3.02. The maximum absolute atomic E-state index is 12.6. The van der Waals surface area contributed by atoms with E-state index in [2.05, 4.69) is 10.2 Å². The number of thioether (sulfide) groups is 1. The SMILES string of the molecule is COc1ccccc1-c1nnc(SC(C)C(=O)c2ccc(Cl)cc2)n1C. The lowest BCUT2D eigenvalue weighted by atomic mass is 10.1. The van der Waals surface area contributed by atoms with Crippen molar-refractivity contribution in [2.75, 3.05) is 7.11 Å². The fourth-order valence-corrected chi connectivity index (χ4v) is 3.56. The lowest BCUT2D eigenvalue weighted by Crippen LogP contribution is -2.14. The van der Waals surface area contributed by atoms with Gasteiger partial charge >= 0.3 is 0 Å². The van der Waals surface area contributed by atoms with Crippen LogP contribution in [0.15, 0.2) is 53.7 Å². The number of benzene rings is 2. The van der Waals surface area contributed by atoms with Gasteiger partial charge in [0.2, 0.25) is 0 Å². The molecule has 0 aliphatic carbocycles. The summed E-state index contributed by atoms with van der Waals surface area (Å²) in [6.45, 7) is 1.86. The van der Waals surface area contributed by atoms with Gasteiger partial charge in [-0.2, -0.15) is 0 Å². The summed E-state index contributed by atoms with van der Waals surface area (Å²) in [6.07, 6.45) is 0. The van der Waals surface area contributed by atoms with Gasteiger partial charge in [0.05, 0.1) is 17.9 Å². The summed E-state index contributed by atoms with van der Waals surface area (Å²) in [4.78, 5) is 12.6. The molecule has 3 aromatic rings. The lowest BCUT2D eigenvalue weighted by molar-refractivity contribution is 0.0994. The van der Waals surface area contributed by atoms with Crippen molar-refractivity contribution in [1.82, 2.24) is 14.8 Å². The number of Topliss-reactive ketones (excluding diaryl/α,β-unsaturated/α-hetero) is 1. The van der Waals surface area contributed by atoms with Gasteiger partial charge < -0.3 is 9.30 Å². The zero-order valence-electron chi connectivity index (χ0n) is 14.6. The van der Waals surface area contributed by atoms with Gasteiger partial charge in [-0.3, -0.25) is 4.79 Å². The predicted octanol–water partition coefficient (Wildman–Crippen LogP) is 4.51. The smallest absolute Gasteiger partial charge is 0.191 e. The minimum absolute atomic E-state index is 0.0218. The number of hydrogen-bond donors (Lipinski definition) is 0. The Morgan fingerprint density at radius 3 is 2.54 bits per heavy atom. The Hall–Kier alpha value is -2.31. The first kappa shape index (κ1) is 18.5. The minimum Gasteiger partial charge on any atom is -0.496 e. The van der Waals surface area contributed by atoms with E-state index in [0.717, 1.165) is 11.3 Å². The number of ketones is 1. The molecule has 0 aliphatic heterocycles. The third-order valence-corrected chi connectivity index (χ3v) is 5.35. The Morgan fingerprint density at radius 2 is 1.85 bits per heavy atom. The van der Waals surface area contributed by atoms with E-state index in [-0.39, 0.29) is 11.0 Å². The molecule has 3 rings (SSSR count). The molecule has 2 aromatic carbocycles. The van der Waals surface area contributed by atoms with Crippen molar-refractivity contribution < 1.29 is 9.53 Å². The highest BCUT2D eigenvalue weighted by Gasteiger charge is 2.21. The molecule has 1 atom stereocenters. The molecule has 134 valence electrons. The third-order valence-electron chi connectivity index (χ3n) is 3.96. The van der Waals surface area contributed by atoms with Crippen LogP contribution < -0.4 is 4.74 Å². The number of hydrogen-bond acceptors (Lipinski definition) is 5. The first-order chi connectivity index (χ1) is 12.5. The first-order valence-electron chi connectivity index (χ1n) is 8.00. The van der Waals surface area contributed by atoms with Crippen molar-refractivity contribution in [3.8, 4) is 17.1 Å². The van der Waals surface area contributed by atoms with E-state index >= 15 is 0 Å². The summed E-state index contributed by atoms with van der Waals surface area (Å²) in [7, 11) is 3.50. The van der Waals surface area contributed by atoms with E-state index in [9.17, 15) is 4.79 Å². The van der Waals surface area contributed by atoms with Crippen LogP contribution in [0.5, 0.6) is 5.75 Å². The fourth-order valence-electron chi connectivity index (χ4n) is 2.54. The molecule has 0 saturated carbocycles. The standard InChI is InChI=1S/C19H18ClN3O2S/c1-12(17(24)13-8-10-14(20)11-9-13)26-19-22-21-18(23(19)2)15-6-4-5-7-16(15)25-3/h4-12H,1-3H3. The average molecular weight is 388 g/mol. The Balaban J connectivity index is 1.82. The summed E-state index contributed by atoms with van der Waals surface area (Å²) >= 11 is 7.26. The van der Waals surface area contributed by atoms with Crippen LogP contribution in [0.25, 0.3) is 11.4 Å². The Morgan fingerprint density at radius 1 is 1.15 bits per heavy atom. The van der Waals surface area contributed by atoms with E-state index < -0.39 is 0 Å². The number of para-hydroxylation sites is 1. The van der Waals surface area contributed by atoms with Gasteiger partial charge in [-0.15, -0.1) is 10.2 Å². The number of carbonyl (C=O) groups excluding carboxylic acids is 1. The fraction of sp³-hybridized carbons (Fsp3) is 0.211. The van der Waals surface area contributed by atoms with E-state index in [4.69, 9.17) is 16.3 Å². The van der Waals surface area contributed by atoms with Crippen molar-refractivity contribution in [2.45, 2.75) is 17.3 Å². The zero-order valence-corrected chi connectivity index (χ0v) is 16.2. The van der Waals surface area contributed by atoms with Crippen molar-refractivity contribution in [1.29, 1.82) is 0 Å². The molecular formula is C19H18ClN3O2S. The van der Waals surface area contributed by atoms with E-state index in [0.29, 0.717) is 21.6 Å². The Labute approximate surface area is 161 Å². The van der Waals surface area contributed by atoms with Crippen molar-refractivity contribution >= 4 is 29.1 Å². The summed E-state index contributed by atoms with van der Waals surface area (Å²) in [5.74, 6) is 1.44. The normalized spacial score (nSPS) is 12.0. The van der Waals surface area contributed by atoms with Crippen molar-refractivity contribution in [3.63, 3.8) is 0 Å². The molecule has 0 fully saturated rings. The molecule has 0 bridgehead atoms. The zero-order chi connectivity index (χ0) is 18.7. The Bertz CT molecular complexity index is 925. The number of halogens is 1. The second-order valence-electron chi connectivity index (χ2n) is 5.70. The summed E-state index contributed by atoms with van der Waals surface area (Å²) < 4.78 is 7.27. The molecule has 5 nitrogen and oxygen atoms in total. The lowest BCUT2D eigenvalue weighted by Gasteiger charge is -2.11. The number of aromatic nitrogens is 3. The van der Waals surface area contributed by atoms with Crippen molar-refractivity contribution in [2.24, 2.45) is 7.05 Å². The molecule has 1 unspecified atom stereocenters. The third kappa shape index (κ3) is 3.76. The first-order valence-corrected chi connectivity index (χ1v) is 9.26. The largest absolute Gasteiger partial charge is 0.496 e. The molecule has 1 aromatic heterocycles. The van der Waals surface area contributed by atoms with Gasteiger partial charge in [-0.05, 0) is 43.3 Å². The number of methoxy groups -OCH3 is 1. The number of carbonyl (C=O) groups is 1. The van der Waals surface area contributed by atoms with Crippen LogP contribution in [0.4, 0.5) is 0 Å². The van der Waals surface area contributed by atoms with E-state index in [1.807, 2.05) is 42.8 Å². The van der Waals surface area contributed by atoms with Gasteiger partial charge in [0, 0.05) is 17.6 Å². The van der Waals surface area contributed by atoms with Crippen LogP contribution in [-0.2, 0) is 7.05 Å². The number of nitrogens with zero attached hydrogens (tertiary/aromatic N) is 3. The molecule has 1 heterocycles. The molecule has 26 heavy (non-hydrogen) atoms. The Kier molecular flexibility index (Phi) is 5.64. The van der Waals surface area contributed by atoms with Gasteiger partial charge in [-0.25, -0.2) is 0 Å². The molecular weight excluding hydrogens is 370 g/mol. The maximum atomic E-state index is 12.6. The molecule has 0 N–H and O–H groups in total. The highest BCUT2D eigenvalue weighted by Crippen LogP contribution is 2.31. The van der Waals surface area contributed by atoms with Gasteiger partial charge in [-0.1, -0.05) is 35.5 Å². The van der Waals surface area contributed by atoms with Gasteiger partial charge in [0.25, 0.3) is 0 Å². The highest BCUT2D eigenvalue weighted by molar-refractivity contribution is 8.00. The van der Waals surface area contributed by atoms with E-state index in [1.165, 1.54) is 11.8 Å². The topological polar surface area (TPSA) is 57.0 Å². The molecule has 0 amide bonds. The molecule has 0 spiro atoms. The van der Waals surface area contributed by atoms with Crippen LogP contribution in [0.3, 0.4) is 0 Å². The van der Waals surface area contributed by atoms with Gasteiger partial charge in [0.1, 0.15) is 5.75 Å². The second kappa shape index (κ2) is 7.93. The predicted molar refractivity (Wildman–Crippen MR) is 104 cm³/mol. The maximum Gasteiger partial charge on any atom is 0.191 e. The second-order valence-corrected chi connectivity index (χ2v) is 7.44. The molecule has 0 aliphatic rings. The molecule has 7 heteroatoms. The quantitative estimate of drug-likeness (QED) is 0.460. The van der Waals surface area contributed by atoms with Crippen LogP contribution >= 0.6 is 23.4 Å². The van der Waals surface area contributed by atoms with Gasteiger partial charge in [0.15, 0.2) is 16.8 Å². The van der Waals surface area contributed by atoms with Crippen molar-refractivity contribution in [3.05, 3.63) is 59.1 Å².